The molecule has 0 fully saturated rings. The Kier molecular flexibility index (Phi) is 3.73. The molecule has 2 heterocycles. The van der Waals surface area contributed by atoms with Gasteiger partial charge < -0.3 is 20.9 Å². The summed E-state index contributed by atoms with van der Waals surface area (Å²) in [5.74, 6) is -0.308. The van der Waals surface area contributed by atoms with Crippen LogP contribution in [0.1, 0.15) is 18.1 Å². The van der Waals surface area contributed by atoms with Crippen molar-refractivity contribution in [3.05, 3.63) is 57.6 Å². The lowest BCUT2D eigenvalue weighted by molar-refractivity contribution is 0.611. The van der Waals surface area contributed by atoms with Crippen LogP contribution in [-0.4, -0.2) is 9.97 Å². The molecule has 5 N–H and O–H groups in total. The van der Waals surface area contributed by atoms with Crippen LogP contribution in [0.2, 0.25) is 0 Å². The number of rotatable bonds is 3. The number of benzene rings is 2. The molecule has 7 heteroatoms. The summed E-state index contributed by atoms with van der Waals surface area (Å²) in [4.78, 5) is 19.6. The maximum absolute atomic E-state index is 14.1. The zero-order chi connectivity index (χ0) is 18.4. The van der Waals surface area contributed by atoms with Crippen LogP contribution in [0.3, 0.4) is 0 Å². The summed E-state index contributed by atoms with van der Waals surface area (Å²) in [6.07, 6.45) is 0.845. The van der Waals surface area contributed by atoms with Gasteiger partial charge in [-0.25, -0.2) is 9.37 Å². The van der Waals surface area contributed by atoms with E-state index in [4.69, 9.17) is 15.9 Å². The summed E-state index contributed by atoms with van der Waals surface area (Å²) < 4.78 is 19.8. The standard InChI is InChI=1S/C19H17FN4O2/c1-2-9-3-4-15-12(5-9)16-17(26-15)19(25)24-18(23-16)11-7-13(20)10(8-21)6-14(11)22/h3-7H,2,8,21-22H2,1H3,(H,23,24,25). The molecule has 0 amide bonds. The van der Waals surface area contributed by atoms with Gasteiger partial charge in [-0.2, -0.15) is 0 Å². The largest absolute Gasteiger partial charge is 0.449 e. The molecule has 0 aliphatic carbocycles. The normalized spacial score (nSPS) is 11.5. The Morgan fingerprint density at radius 2 is 2.08 bits per heavy atom. The molecule has 0 spiro atoms. The van der Waals surface area contributed by atoms with Gasteiger partial charge in [0.05, 0.1) is 0 Å². The lowest BCUT2D eigenvalue weighted by Gasteiger charge is -2.08. The molecule has 2 aromatic carbocycles. The number of nitrogens with one attached hydrogen (secondary N) is 1. The fourth-order valence-corrected chi connectivity index (χ4v) is 3.05. The summed E-state index contributed by atoms with van der Waals surface area (Å²) in [5.41, 5.74) is 14.2. The maximum Gasteiger partial charge on any atom is 0.294 e. The molecule has 0 bridgehead atoms. The number of H-pyrrole nitrogens is 1. The van der Waals surface area contributed by atoms with Crippen molar-refractivity contribution >= 4 is 27.8 Å². The minimum atomic E-state index is -0.496. The molecule has 0 unspecified atom stereocenters. The highest BCUT2D eigenvalue weighted by Crippen LogP contribution is 2.30. The topological polar surface area (TPSA) is 111 Å². The SMILES string of the molecule is CCc1ccc2oc3c(=O)[nH]c(-c4cc(F)c(CN)cc4N)nc3c2c1. The van der Waals surface area contributed by atoms with E-state index in [2.05, 4.69) is 9.97 Å². The monoisotopic (exact) mass is 352 g/mol. The average molecular weight is 352 g/mol. The number of anilines is 1. The van der Waals surface area contributed by atoms with Gasteiger partial charge in [-0.3, -0.25) is 4.79 Å². The number of aromatic nitrogens is 2. The van der Waals surface area contributed by atoms with Crippen molar-refractivity contribution in [3.8, 4) is 11.4 Å². The van der Waals surface area contributed by atoms with E-state index in [1.54, 1.807) is 0 Å². The van der Waals surface area contributed by atoms with Gasteiger partial charge in [-0.05, 0) is 36.2 Å². The predicted molar refractivity (Wildman–Crippen MR) is 99.2 cm³/mol. The number of hydrogen-bond donors (Lipinski definition) is 3. The molecular formula is C19H17FN4O2. The van der Waals surface area contributed by atoms with Gasteiger partial charge in [-0.1, -0.05) is 13.0 Å². The second-order valence-electron chi connectivity index (χ2n) is 6.11. The van der Waals surface area contributed by atoms with E-state index in [1.165, 1.54) is 12.1 Å². The lowest BCUT2D eigenvalue weighted by Crippen LogP contribution is -2.10. The van der Waals surface area contributed by atoms with Crippen LogP contribution in [0.5, 0.6) is 0 Å². The van der Waals surface area contributed by atoms with Crippen LogP contribution in [0.25, 0.3) is 33.5 Å². The summed E-state index contributed by atoms with van der Waals surface area (Å²) in [5, 5.41) is 0.740. The van der Waals surface area contributed by atoms with E-state index in [0.29, 0.717) is 22.2 Å². The van der Waals surface area contributed by atoms with Crippen LogP contribution >= 0.6 is 0 Å². The third-order valence-electron chi connectivity index (χ3n) is 4.49. The van der Waals surface area contributed by atoms with Crippen LogP contribution in [0.4, 0.5) is 10.1 Å². The zero-order valence-corrected chi connectivity index (χ0v) is 14.1. The number of hydrogen-bond acceptors (Lipinski definition) is 5. The summed E-state index contributed by atoms with van der Waals surface area (Å²) in [7, 11) is 0. The minimum Gasteiger partial charge on any atom is -0.449 e. The minimum absolute atomic E-state index is 0.0332. The molecule has 26 heavy (non-hydrogen) atoms. The van der Waals surface area contributed by atoms with Crippen molar-refractivity contribution < 1.29 is 8.81 Å². The number of halogens is 1. The van der Waals surface area contributed by atoms with E-state index < -0.39 is 11.4 Å². The Labute approximate surface area is 147 Å². The lowest BCUT2D eigenvalue weighted by atomic mass is 10.1. The van der Waals surface area contributed by atoms with Gasteiger partial charge in [0.2, 0.25) is 5.58 Å². The third-order valence-corrected chi connectivity index (χ3v) is 4.49. The average Bonchev–Trinajstić information content (AvgIpc) is 3.01. The van der Waals surface area contributed by atoms with Gasteiger partial charge in [0.25, 0.3) is 5.56 Å². The number of furan rings is 1. The highest BCUT2D eigenvalue weighted by Gasteiger charge is 2.17. The molecule has 4 rings (SSSR count). The smallest absolute Gasteiger partial charge is 0.294 e. The van der Waals surface area contributed by atoms with Crippen LogP contribution in [0.15, 0.2) is 39.5 Å². The van der Waals surface area contributed by atoms with Crippen molar-refractivity contribution in [1.82, 2.24) is 9.97 Å². The first kappa shape index (κ1) is 16.3. The number of fused-ring (bicyclic) bond motifs is 3. The van der Waals surface area contributed by atoms with Crippen LogP contribution < -0.4 is 17.0 Å². The Bertz CT molecular complexity index is 1210. The van der Waals surface area contributed by atoms with Gasteiger partial charge in [0.15, 0.2) is 0 Å². The molecule has 0 saturated heterocycles. The Balaban J connectivity index is 2.01. The Morgan fingerprint density at radius 1 is 1.27 bits per heavy atom. The number of nitrogen functional groups attached to an aromatic ring is 1. The van der Waals surface area contributed by atoms with Crippen molar-refractivity contribution in [2.75, 3.05) is 5.73 Å². The van der Waals surface area contributed by atoms with Crippen LogP contribution in [0, 0.1) is 5.82 Å². The van der Waals surface area contributed by atoms with Gasteiger partial charge in [0, 0.05) is 28.7 Å². The van der Waals surface area contributed by atoms with Crippen molar-refractivity contribution in [2.45, 2.75) is 19.9 Å². The number of aromatic amines is 1. The summed E-state index contributed by atoms with van der Waals surface area (Å²) >= 11 is 0. The van der Waals surface area contributed by atoms with E-state index in [-0.39, 0.29) is 23.6 Å². The second-order valence-corrected chi connectivity index (χ2v) is 6.11. The molecule has 0 radical (unpaired) electrons. The summed E-state index contributed by atoms with van der Waals surface area (Å²) in [6, 6.07) is 8.40. The number of aryl methyl sites for hydroxylation is 1. The number of nitrogens with two attached hydrogens (primary N) is 2. The van der Waals surface area contributed by atoms with E-state index in [0.717, 1.165) is 17.4 Å². The first-order valence-corrected chi connectivity index (χ1v) is 8.25. The molecule has 132 valence electrons. The van der Waals surface area contributed by atoms with E-state index in [9.17, 15) is 9.18 Å². The highest BCUT2D eigenvalue weighted by atomic mass is 19.1. The fourth-order valence-electron chi connectivity index (χ4n) is 3.05. The quantitative estimate of drug-likeness (QED) is 0.491. The molecule has 0 atom stereocenters. The molecule has 6 nitrogen and oxygen atoms in total. The van der Waals surface area contributed by atoms with Gasteiger partial charge in [-0.15, -0.1) is 0 Å². The molecule has 4 aromatic rings. The molecular weight excluding hydrogens is 335 g/mol. The molecule has 0 aliphatic rings. The van der Waals surface area contributed by atoms with Gasteiger partial charge >= 0.3 is 0 Å². The Morgan fingerprint density at radius 3 is 2.81 bits per heavy atom. The summed E-state index contributed by atoms with van der Waals surface area (Å²) in [6.45, 7) is 2.07. The first-order valence-electron chi connectivity index (χ1n) is 8.25. The Hall–Kier alpha value is -3.19. The van der Waals surface area contributed by atoms with Crippen molar-refractivity contribution in [3.63, 3.8) is 0 Å². The van der Waals surface area contributed by atoms with Gasteiger partial charge in [0.1, 0.15) is 22.7 Å². The first-order chi connectivity index (χ1) is 12.5. The zero-order valence-electron chi connectivity index (χ0n) is 14.1. The third kappa shape index (κ3) is 2.44. The highest BCUT2D eigenvalue weighted by molar-refractivity contribution is 6.02. The van der Waals surface area contributed by atoms with Crippen LogP contribution in [-0.2, 0) is 13.0 Å². The molecule has 0 saturated carbocycles. The molecule has 2 aromatic heterocycles. The maximum atomic E-state index is 14.1. The van der Waals surface area contributed by atoms with Crippen molar-refractivity contribution in [2.24, 2.45) is 5.73 Å². The van der Waals surface area contributed by atoms with E-state index in [1.807, 2.05) is 25.1 Å². The van der Waals surface area contributed by atoms with E-state index >= 15 is 0 Å². The molecule has 0 aliphatic heterocycles. The fraction of sp³-hybridized carbons (Fsp3) is 0.158. The predicted octanol–water partition coefficient (Wildman–Crippen LogP) is 3.08. The second kappa shape index (κ2) is 5.96. The van der Waals surface area contributed by atoms with Crippen molar-refractivity contribution in [1.29, 1.82) is 0 Å². The number of nitrogens with zero attached hydrogens (tertiary/aromatic N) is 1.